The number of piperidine rings is 1. The molecule has 0 amide bonds. The Kier molecular flexibility index (Phi) is 12.1. The van der Waals surface area contributed by atoms with Crippen molar-refractivity contribution in [1.29, 1.82) is 0 Å². The molecule has 1 aliphatic rings. The van der Waals surface area contributed by atoms with Crippen LogP contribution in [0.4, 0.5) is 0 Å². The van der Waals surface area contributed by atoms with Crippen LogP contribution >= 0.6 is 27.5 Å². The van der Waals surface area contributed by atoms with E-state index in [4.69, 9.17) is 31.4 Å². The lowest BCUT2D eigenvalue weighted by molar-refractivity contribution is -0.159. The number of carboxylic acid groups (broad SMARTS) is 2. The topological polar surface area (TPSA) is 120 Å². The number of aliphatic carboxylic acids is 2. The molecule has 36 heavy (non-hydrogen) atoms. The van der Waals surface area contributed by atoms with Crippen molar-refractivity contribution in [3.8, 4) is 0 Å². The molecule has 3 N–H and O–H groups in total. The molecule has 10 heteroatoms. The van der Waals surface area contributed by atoms with Crippen molar-refractivity contribution in [2.45, 2.75) is 38.8 Å². The second kappa shape index (κ2) is 14.7. The van der Waals surface area contributed by atoms with Crippen molar-refractivity contribution in [1.82, 2.24) is 9.47 Å². The van der Waals surface area contributed by atoms with E-state index in [1.165, 1.54) is 0 Å². The maximum atomic E-state index is 11.9. The Bertz CT molecular complexity index is 1150. The predicted octanol–water partition coefficient (Wildman–Crippen LogP) is 4.95. The Morgan fingerprint density at radius 1 is 0.972 bits per heavy atom. The Labute approximate surface area is 223 Å². The van der Waals surface area contributed by atoms with Crippen molar-refractivity contribution in [2.75, 3.05) is 19.6 Å². The highest BCUT2D eigenvalue weighted by atomic mass is 79.9. The second-order valence-electron chi connectivity index (χ2n) is 8.26. The number of carbonyl (C=O) groups excluding carboxylic acids is 1. The van der Waals surface area contributed by atoms with E-state index in [1.807, 2.05) is 54.7 Å². The average molecular weight is 582 g/mol. The number of aliphatic hydroxyl groups excluding tert-OH is 1. The number of hydrogen-bond donors (Lipinski definition) is 3. The summed E-state index contributed by atoms with van der Waals surface area (Å²) in [6, 6.07) is 15.5. The number of likely N-dealkylation sites (tertiary alicyclic amines) is 1. The minimum atomic E-state index is -1.82. The van der Waals surface area contributed by atoms with Crippen molar-refractivity contribution < 1.29 is 29.7 Å². The van der Waals surface area contributed by atoms with Gasteiger partial charge >= 0.3 is 11.9 Å². The van der Waals surface area contributed by atoms with Gasteiger partial charge < -0.3 is 24.8 Å². The number of rotatable bonds is 5. The van der Waals surface area contributed by atoms with Crippen LogP contribution < -0.4 is 0 Å². The number of nitrogens with zero attached hydrogens (tertiary/aromatic N) is 2. The summed E-state index contributed by atoms with van der Waals surface area (Å²) in [7, 11) is 0. The number of ketones is 1. The molecule has 3 aromatic rings. The van der Waals surface area contributed by atoms with Gasteiger partial charge in [-0.3, -0.25) is 4.79 Å². The third kappa shape index (κ3) is 9.39. The molecule has 8 nitrogen and oxygen atoms in total. The quantitative estimate of drug-likeness (QED) is 0.288. The second-order valence-corrected chi connectivity index (χ2v) is 9.55. The van der Waals surface area contributed by atoms with E-state index >= 15 is 0 Å². The number of Topliss-reactive ketones (excluding diaryl/α,β-unsaturated/α-hetero) is 1. The summed E-state index contributed by atoms with van der Waals surface area (Å²) in [4.78, 5) is 32.5. The van der Waals surface area contributed by atoms with Crippen molar-refractivity contribution in [3.05, 3.63) is 69.8 Å². The summed E-state index contributed by atoms with van der Waals surface area (Å²) < 4.78 is 3.22. The van der Waals surface area contributed by atoms with Gasteiger partial charge in [-0.25, -0.2) is 9.59 Å². The SMILES string of the molecule is CC(=O)c1cn(CCCN2CCC(O)CC2)c2c(Br)cccc12.Clc1ccccc1.O=C(O)C(=O)O. The standard InChI is InChI=1S/C18H23BrN2O2.C6H5Cl.C2H2O4/c1-13(22)16-12-21(18-15(16)4-2-5-17(18)19)9-3-8-20-10-6-14(23)7-11-20;7-6-4-2-1-3-5-6;3-1(4)2(5)6/h2,4-5,12,14,23H,3,6-11H2,1H3;1-5H;(H,3,4)(H,5,6). The number of fused-ring (bicyclic) bond motifs is 1. The number of carboxylic acids is 2. The molecule has 0 bridgehead atoms. The van der Waals surface area contributed by atoms with Crippen LogP contribution in [-0.4, -0.2) is 68.2 Å². The molecule has 2 heterocycles. The molecule has 1 saturated heterocycles. The van der Waals surface area contributed by atoms with Gasteiger partial charge in [0.2, 0.25) is 0 Å². The van der Waals surface area contributed by atoms with Crippen LogP contribution in [-0.2, 0) is 16.1 Å². The maximum Gasteiger partial charge on any atom is 0.414 e. The molecule has 0 spiro atoms. The van der Waals surface area contributed by atoms with Gasteiger partial charge in [0, 0.05) is 46.3 Å². The van der Waals surface area contributed by atoms with Crippen LogP contribution in [0.5, 0.6) is 0 Å². The molecular weight excluding hydrogens is 552 g/mol. The molecule has 0 radical (unpaired) electrons. The predicted molar refractivity (Wildman–Crippen MR) is 143 cm³/mol. The lowest BCUT2D eigenvalue weighted by Gasteiger charge is -2.29. The molecule has 0 atom stereocenters. The Hall–Kier alpha value is -2.72. The molecule has 0 aliphatic carbocycles. The summed E-state index contributed by atoms with van der Waals surface area (Å²) >= 11 is 9.15. The number of benzene rings is 2. The van der Waals surface area contributed by atoms with E-state index in [2.05, 4.69) is 25.4 Å². The Morgan fingerprint density at radius 3 is 2.08 bits per heavy atom. The Morgan fingerprint density at radius 2 is 1.58 bits per heavy atom. The Balaban J connectivity index is 0.000000288. The maximum absolute atomic E-state index is 11.9. The first kappa shape index (κ1) is 29.5. The lowest BCUT2D eigenvalue weighted by Crippen LogP contribution is -2.36. The highest BCUT2D eigenvalue weighted by Crippen LogP contribution is 2.29. The number of aryl methyl sites for hydroxylation is 1. The van der Waals surface area contributed by atoms with Crippen molar-refractivity contribution >= 4 is 56.2 Å². The van der Waals surface area contributed by atoms with E-state index in [1.54, 1.807) is 6.92 Å². The molecule has 0 unspecified atom stereocenters. The van der Waals surface area contributed by atoms with Gasteiger partial charge in [0.15, 0.2) is 5.78 Å². The molecule has 194 valence electrons. The van der Waals surface area contributed by atoms with E-state index in [0.717, 1.165) is 71.4 Å². The molecule has 1 aliphatic heterocycles. The summed E-state index contributed by atoms with van der Waals surface area (Å²) in [5, 5.41) is 26.2. The first-order valence-corrected chi connectivity index (χ1v) is 12.6. The van der Waals surface area contributed by atoms with Gasteiger partial charge in [-0.1, -0.05) is 41.9 Å². The molecule has 1 fully saturated rings. The molecule has 2 aromatic carbocycles. The first-order chi connectivity index (χ1) is 17.1. The fourth-order valence-corrected chi connectivity index (χ4v) is 4.53. The third-order valence-corrected chi connectivity index (χ3v) is 6.47. The van der Waals surface area contributed by atoms with Crippen molar-refractivity contribution in [2.24, 2.45) is 0 Å². The summed E-state index contributed by atoms with van der Waals surface area (Å²) in [5.74, 6) is -3.54. The summed E-state index contributed by atoms with van der Waals surface area (Å²) in [6.45, 7) is 5.52. The van der Waals surface area contributed by atoms with E-state index < -0.39 is 11.9 Å². The number of carbonyl (C=O) groups is 3. The minimum Gasteiger partial charge on any atom is -0.473 e. The zero-order valence-corrected chi connectivity index (χ0v) is 22.3. The van der Waals surface area contributed by atoms with Crippen LogP contribution in [0.2, 0.25) is 5.02 Å². The molecule has 0 saturated carbocycles. The van der Waals surface area contributed by atoms with Crippen LogP contribution in [0.15, 0.2) is 59.2 Å². The highest BCUT2D eigenvalue weighted by molar-refractivity contribution is 9.10. The van der Waals surface area contributed by atoms with Gasteiger partial charge in [0.1, 0.15) is 0 Å². The fraction of sp³-hybridized carbons (Fsp3) is 0.346. The first-order valence-electron chi connectivity index (χ1n) is 11.5. The van der Waals surface area contributed by atoms with Gasteiger partial charge in [-0.2, -0.15) is 0 Å². The van der Waals surface area contributed by atoms with Crippen LogP contribution in [0, 0.1) is 0 Å². The van der Waals surface area contributed by atoms with Gasteiger partial charge in [0.05, 0.1) is 11.6 Å². The third-order valence-electron chi connectivity index (χ3n) is 5.57. The number of hydrogen-bond acceptors (Lipinski definition) is 5. The number of halogens is 2. The van der Waals surface area contributed by atoms with Gasteiger partial charge in [0.25, 0.3) is 0 Å². The molecule has 4 rings (SSSR count). The van der Waals surface area contributed by atoms with Gasteiger partial charge in [-0.05, 0) is 66.9 Å². The number of aromatic nitrogens is 1. The zero-order chi connectivity index (χ0) is 26.7. The molecular formula is C26H30BrClN2O6. The molecule has 1 aromatic heterocycles. The summed E-state index contributed by atoms with van der Waals surface area (Å²) in [5.41, 5.74) is 1.90. The zero-order valence-electron chi connectivity index (χ0n) is 19.9. The van der Waals surface area contributed by atoms with Crippen LogP contribution in [0.3, 0.4) is 0 Å². The average Bonchev–Trinajstić information content (AvgIpc) is 3.22. The fourth-order valence-electron chi connectivity index (χ4n) is 3.79. The van der Waals surface area contributed by atoms with E-state index in [-0.39, 0.29) is 11.9 Å². The van der Waals surface area contributed by atoms with E-state index in [9.17, 15) is 9.90 Å². The van der Waals surface area contributed by atoms with E-state index in [0.29, 0.717) is 0 Å². The lowest BCUT2D eigenvalue weighted by atomic mass is 10.1. The minimum absolute atomic E-state index is 0.108. The van der Waals surface area contributed by atoms with Crippen molar-refractivity contribution in [3.63, 3.8) is 0 Å². The number of para-hydroxylation sites is 1. The van der Waals surface area contributed by atoms with Crippen LogP contribution in [0.1, 0.15) is 36.5 Å². The largest absolute Gasteiger partial charge is 0.473 e. The van der Waals surface area contributed by atoms with Crippen LogP contribution in [0.25, 0.3) is 10.9 Å². The highest BCUT2D eigenvalue weighted by Gasteiger charge is 2.17. The van der Waals surface area contributed by atoms with Gasteiger partial charge in [-0.15, -0.1) is 0 Å². The monoisotopic (exact) mass is 580 g/mol. The smallest absolute Gasteiger partial charge is 0.414 e. The number of aliphatic hydroxyl groups is 1. The normalized spacial score (nSPS) is 13.8. The summed E-state index contributed by atoms with van der Waals surface area (Å²) in [6.07, 6.45) is 4.67.